The third kappa shape index (κ3) is 2.71. The van der Waals surface area contributed by atoms with E-state index in [1.807, 2.05) is 38.1 Å². The molecule has 0 bridgehead atoms. The van der Waals surface area contributed by atoms with Crippen molar-refractivity contribution in [2.24, 2.45) is 0 Å². The van der Waals surface area contributed by atoms with Crippen molar-refractivity contribution in [1.82, 2.24) is 0 Å². The summed E-state index contributed by atoms with van der Waals surface area (Å²) in [5.74, 6) is -0.915. The molecule has 0 saturated carbocycles. The molecule has 1 aliphatic rings. The van der Waals surface area contributed by atoms with Crippen molar-refractivity contribution in [3.63, 3.8) is 0 Å². The van der Waals surface area contributed by atoms with Crippen molar-refractivity contribution in [2.75, 3.05) is 5.32 Å². The first-order valence-electron chi connectivity index (χ1n) is 6.95. The number of para-hydroxylation sites is 1. The number of halogens is 2. The summed E-state index contributed by atoms with van der Waals surface area (Å²) in [6.45, 7) is 3.97. The highest BCUT2D eigenvalue weighted by atomic mass is 19.2. The van der Waals surface area contributed by atoms with Crippen molar-refractivity contribution in [2.45, 2.75) is 31.9 Å². The number of nitrogens with one attached hydrogen (secondary N) is 1. The van der Waals surface area contributed by atoms with E-state index in [9.17, 15) is 8.78 Å². The summed E-state index contributed by atoms with van der Waals surface area (Å²) in [7, 11) is 0. The van der Waals surface area contributed by atoms with Gasteiger partial charge in [0.05, 0.1) is 11.7 Å². The van der Waals surface area contributed by atoms with Crippen LogP contribution in [0.25, 0.3) is 0 Å². The minimum Gasteiger partial charge on any atom is -0.487 e. The predicted octanol–water partition coefficient (Wildman–Crippen LogP) is 4.68. The quantitative estimate of drug-likeness (QED) is 0.866. The highest BCUT2D eigenvalue weighted by Crippen LogP contribution is 2.41. The van der Waals surface area contributed by atoms with Crippen LogP contribution in [0.1, 0.15) is 31.9 Å². The topological polar surface area (TPSA) is 21.3 Å². The fraction of sp³-hybridized carbons (Fsp3) is 0.294. The smallest absolute Gasteiger partial charge is 0.181 e. The maximum atomic E-state index is 13.9. The molecule has 1 atom stereocenters. The number of rotatable bonds is 2. The molecule has 2 nitrogen and oxygen atoms in total. The molecule has 0 fully saturated rings. The lowest BCUT2D eigenvalue weighted by atomic mass is 9.89. The predicted molar refractivity (Wildman–Crippen MR) is 78.5 cm³/mol. The second kappa shape index (κ2) is 5.02. The van der Waals surface area contributed by atoms with E-state index in [4.69, 9.17) is 4.74 Å². The van der Waals surface area contributed by atoms with E-state index in [0.717, 1.165) is 17.4 Å². The van der Waals surface area contributed by atoms with Gasteiger partial charge in [-0.25, -0.2) is 8.78 Å². The second-order valence-electron chi connectivity index (χ2n) is 5.90. The summed E-state index contributed by atoms with van der Waals surface area (Å²) >= 11 is 0. The van der Waals surface area contributed by atoms with Gasteiger partial charge < -0.3 is 10.1 Å². The molecular formula is C17H17F2NO. The van der Waals surface area contributed by atoms with Gasteiger partial charge in [-0.2, -0.15) is 0 Å². The Morgan fingerprint density at radius 2 is 1.86 bits per heavy atom. The highest BCUT2D eigenvalue weighted by molar-refractivity contribution is 5.50. The molecule has 2 aromatic carbocycles. The first kappa shape index (κ1) is 13.9. The summed E-state index contributed by atoms with van der Waals surface area (Å²) in [6.07, 6.45) is 0.667. The number of benzene rings is 2. The van der Waals surface area contributed by atoms with Crippen LogP contribution >= 0.6 is 0 Å². The average molecular weight is 289 g/mol. The van der Waals surface area contributed by atoms with Crippen LogP contribution in [0.5, 0.6) is 5.75 Å². The molecule has 0 radical (unpaired) electrons. The maximum absolute atomic E-state index is 13.9. The molecule has 1 aliphatic heterocycles. The first-order chi connectivity index (χ1) is 9.96. The molecule has 1 N–H and O–H groups in total. The summed E-state index contributed by atoms with van der Waals surface area (Å²) in [5, 5.41) is 3.11. The lowest BCUT2D eigenvalue weighted by Crippen LogP contribution is -2.37. The Hall–Kier alpha value is -2.10. The van der Waals surface area contributed by atoms with Gasteiger partial charge in [-0.3, -0.25) is 0 Å². The number of hydrogen-bond acceptors (Lipinski definition) is 2. The average Bonchev–Trinajstić information content (AvgIpc) is 2.42. The fourth-order valence-electron chi connectivity index (χ4n) is 2.73. The van der Waals surface area contributed by atoms with Crippen LogP contribution in [0, 0.1) is 11.6 Å². The molecule has 4 heteroatoms. The molecule has 0 aromatic heterocycles. The minimum atomic E-state index is -0.848. The number of fused-ring (bicyclic) bond motifs is 1. The Balaban J connectivity index is 1.96. The molecular weight excluding hydrogens is 272 g/mol. The van der Waals surface area contributed by atoms with E-state index < -0.39 is 11.6 Å². The van der Waals surface area contributed by atoms with Gasteiger partial charge >= 0.3 is 0 Å². The largest absolute Gasteiger partial charge is 0.487 e. The summed E-state index contributed by atoms with van der Waals surface area (Å²) in [4.78, 5) is 0. The van der Waals surface area contributed by atoms with E-state index in [1.165, 1.54) is 6.07 Å². The Bertz CT molecular complexity index is 670. The van der Waals surface area contributed by atoms with Crippen LogP contribution in [0.4, 0.5) is 14.5 Å². The molecule has 21 heavy (non-hydrogen) atoms. The third-order valence-electron chi connectivity index (χ3n) is 3.66. The maximum Gasteiger partial charge on any atom is 0.181 e. The molecule has 1 heterocycles. The van der Waals surface area contributed by atoms with Gasteiger partial charge in [0.25, 0.3) is 0 Å². The molecule has 0 spiro atoms. The van der Waals surface area contributed by atoms with Crippen molar-refractivity contribution in [1.29, 1.82) is 0 Å². The summed E-state index contributed by atoms with van der Waals surface area (Å²) in [5.41, 5.74) is 0.767. The van der Waals surface area contributed by atoms with E-state index in [-0.39, 0.29) is 17.3 Å². The van der Waals surface area contributed by atoms with Gasteiger partial charge in [0.15, 0.2) is 11.6 Å². The summed E-state index contributed by atoms with van der Waals surface area (Å²) in [6, 6.07) is 11.7. The van der Waals surface area contributed by atoms with Gasteiger partial charge in [0.1, 0.15) is 11.4 Å². The van der Waals surface area contributed by atoms with Gasteiger partial charge in [0, 0.05) is 12.0 Å². The van der Waals surface area contributed by atoms with Crippen molar-refractivity contribution < 1.29 is 13.5 Å². The van der Waals surface area contributed by atoms with Gasteiger partial charge in [-0.05, 0) is 32.0 Å². The van der Waals surface area contributed by atoms with Gasteiger partial charge in [-0.15, -0.1) is 0 Å². The molecule has 0 amide bonds. The summed E-state index contributed by atoms with van der Waals surface area (Å²) < 4.78 is 33.1. The van der Waals surface area contributed by atoms with E-state index in [0.29, 0.717) is 6.42 Å². The normalized spacial score (nSPS) is 19.5. The Kier molecular flexibility index (Phi) is 3.32. The van der Waals surface area contributed by atoms with Crippen LogP contribution in [0.15, 0.2) is 42.5 Å². The fourth-order valence-corrected chi connectivity index (χ4v) is 2.73. The van der Waals surface area contributed by atoms with E-state index in [1.54, 1.807) is 6.07 Å². The SMILES string of the molecule is CC1(C)CC(Nc2cccc(F)c2F)c2ccccc2O1. The van der Waals surface area contributed by atoms with Crippen LogP contribution < -0.4 is 10.1 Å². The first-order valence-corrected chi connectivity index (χ1v) is 6.95. The van der Waals surface area contributed by atoms with Crippen LogP contribution in [0.3, 0.4) is 0 Å². The number of ether oxygens (including phenoxy) is 1. The number of hydrogen-bond donors (Lipinski definition) is 1. The standard InChI is InChI=1S/C17H17F2NO/c1-17(2)10-14(11-6-3-4-9-15(11)21-17)20-13-8-5-7-12(18)16(13)19/h3-9,14,20H,10H2,1-2H3. The minimum absolute atomic E-state index is 0.124. The van der Waals surface area contributed by atoms with E-state index in [2.05, 4.69) is 5.32 Å². The monoisotopic (exact) mass is 289 g/mol. The molecule has 110 valence electrons. The van der Waals surface area contributed by atoms with Crippen molar-refractivity contribution in [3.8, 4) is 5.75 Å². The molecule has 0 aliphatic carbocycles. The zero-order chi connectivity index (χ0) is 15.0. The second-order valence-corrected chi connectivity index (χ2v) is 5.90. The number of anilines is 1. The van der Waals surface area contributed by atoms with Crippen molar-refractivity contribution >= 4 is 5.69 Å². The van der Waals surface area contributed by atoms with Crippen LogP contribution in [-0.4, -0.2) is 5.60 Å². The molecule has 1 unspecified atom stereocenters. The van der Waals surface area contributed by atoms with Crippen LogP contribution in [0.2, 0.25) is 0 Å². The van der Waals surface area contributed by atoms with Gasteiger partial charge in [-0.1, -0.05) is 24.3 Å². The van der Waals surface area contributed by atoms with Crippen molar-refractivity contribution in [3.05, 3.63) is 59.7 Å². The Morgan fingerprint density at radius 1 is 1.10 bits per heavy atom. The Labute approximate surface area is 122 Å². The zero-order valence-corrected chi connectivity index (χ0v) is 12.0. The lowest BCUT2D eigenvalue weighted by Gasteiger charge is -2.38. The highest BCUT2D eigenvalue weighted by Gasteiger charge is 2.33. The molecule has 0 saturated heterocycles. The third-order valence-corrected chi connectivity index (χ3v) is 3.66. The van der Waals surface area contributed by atoms with E-state index >= 15 is 0 Å². The zero-order valence-electron chi connectivity index (χ0n) is 12.0. The molecule has 3 rings (SSSR count). The molecule has 2 aromatic rings. The Morgan fingerprint density at radius 3 is 2.67 bits per heavy atom. The van der Waals surface area contributed by atoms with Gasteiger partial charge in [0.2, 0.25) is 0 Å². The lowest BCUT2D eigenvalue weighted by molar-refractivity contribution is 0.0758. The van der Waals surface area contributed by atoms with Crippen LogP contribution in [-0.2, 0) is 0 Å².